The van der Waals surface area contributed by atoms with Crippen molar-refractivity contribution < 1.29 is 14.3 Å². The monoisotopic (exact) mass is 379 g/mol. The van der Waals surface area contributed by atoms with E-state index in [1.165, 1.54) is 5.39 Å². The van der Waals surface area contributed by atoms with Gasteiger partial charge in [-0.25, -0.2) is 0 Å². The number of hydrogen-bond acceptors (Lipinski definition) is 4. The molecule has 1 saturated heterocycles. The predicted octanol–water partition coefficient (Wildman–Crippen LogP) is 3.45. The molecule has 1 aliphatic rings. The Morgan fingerprint density at radius 3 is 2.96 bits per heavy atom. The minimum Gasteiger partial charge on any atom is -0.466 e. The first kappa shape index (κ1) is 18.5. The number of likely N-dealkylation sites (tertiary alicyclic amines) is 1. The molecule has 1 aromatic carbocycles. The van der Waals surface area contributed by atoms with E-state index in [9.17, 15) is 9.59 Å². The summed E-state index contributed by atoms with van der Waals surface area (Å²) in [6, 6.07) is 10.2. The number of amides is 1. The van der Waals surface area contributed by atoms with E-state index in [4.69, 9.17) is 4.74 Å². The van der Waals surface area contributed by atoms with Gasteiger partial charge in [0.25, 0.3) is 0 Å². The number of benzene rings is 1. The number of aryl methyl sites for hydroxylation is 1. The largest absolute Gasteiger partial charge is 0.466 e. The third kappa shape index (κ3) is 3.72. The van der Waals surface area contributed by atoms with Crippen LogP contribution in [0, 0.1) is 5.92 Å². The van der Waals surface area contributed by atoms with Crippen LogP contribution in [0.2, 0.25) is 0 Å². The summed E-state index contributed by atoms with van der Waals surface area (Å²) >= 11 is 0. The van der Waals surface area contributed by atoms with Crippen LogP contribution in [0.15, 0.2) is 36.5 Å². The number of carbonyl (C=O) groups is 2. The molecular weight excluding hydrogens is 354 g/mol. The molecule has 1 aliphatic heterocycles. The molecule has 3 heterocycles. The molecule has 6 nitrogen and oxygen atoms in total. The summed E-state index contributed by atoms with van der Waals surface area (Å²) in [6.07, 6.45) is 4.47. The van der Waals surface area contributed by atoms with E-state index in [-0.39, 0.29) is 17.8 Å². The van der Waals surface area contributed by atoms with Crippen LogP contribution in [0.1, 0.15) is 31.9 Å². The van der Waals surface area contributed by atoms with Gasteiger partial charge in [0.05, 0.1) is 24.2 Å². The number of ether oxygens (including phenoxy) is 1. The van der Waals surface area contributed by atoms with Gasteiger partial charge in [-0.3, -0.25) is 14.6 Å². The van der Waals surface area contributed by atoms with Crippen molar-refractivity contribution in [2.24, 2.45) is 5.92 Å². The highest BCUT2D eigenvalue weighted by Gasteiger charge is 2.29. The first-order valence-corrected chi connectivity index (χ1v) is 9.95. The zero-order valence-electron chi connectivity index (χ0n) is 16.1. The number of carbonyl (C=O) groups excluding carboxylic acids is 2. The molecule has 0 saturated carbocycles. The van der Waals surface area contributed by atoms with Crippen LogP contribution in [0.3, 0.4) is 0 Å². The molecule has 146 valence electrons. The molecular formula is C22H25N3O3. The van der Waals surface area contributed by atoms with Crippen molar-refractivity contribution in [3.8, 4) is 0 Å². The van der Waals surface area contributed by atoms with Crippen LogP contribution in [0.4, 0.5) is 0 Å². The average molecular weight is 379 g/mol. The summed E-state index contributed by atoms with van der Waals surface area (Å²) in [6.45, 7) is 3.36. The molecule has 1 amide bonds. The van der Waals surface area contributed by atoms with Gasteiger partial charge < -0.3 is 14.6 Å². The lowest BCUT2D eigenvalue weighted by Gasteiger charge is -2.31. The van der Waals surface area contributed by atoms with Crippen molar-refractivity contribution in [2.75, 3.05) is 19.7 Å². The number of aromatic nitrogens is 2. The second-order valence-electron chi connectivity index (χ2n) is 7.32. The number of H-pyrrole nitrogens is 1. The van der Waals surface area contributed by atoms with Crippen molar-refractivity contribution in [3.63, 3.8) is 0 Å². The summed E-state index contributed by atoms with van der Waals surface area (Å²) in [5.74, 6) is -0.306. The fraction of sp³-hybridized carbons (Fsp3) is 0.409. The number of fused-ring (bicyclic) bond motifs is 3. The SMILES string of the molecule is CCOC(=O)C1CCCN(C(=O)CCc2cc3c(cn2)[nH]c2ccccc23)C1. The molecule has 1 atom stereocenters. The van der Waals surface area contributed by atoms with Gasteiger partial charge in [0.2, 0.25) is 5.91 Å². The second kappa shape index (κ2) is 8.00. The van der Waals surface area contributed by atoms with Gasteiger partial charge in [0.15, 0.2) is 0 Å². The van der Waals surface area contributed by atoms with Crippen LogP contribution in [-0.4, -0.2) is 46.4 Å². The third-order valence-electron chi connectivity index (χ3n) is 5.44. The molecule has 0 spiro atoms. The van der Waals surface area contributed by atoms with Gasteiger partial charge in [-0.15, -0.1) is 0 Å². The third-order valence-corrected chi connectivity index (χ3v) is 5.44. The zero-order valence-corrected chi connectivity index (χ0v) is 16.1. The molecule has 3 aromatic rings. The standard InChI is InChI=1S/C22H25N3O3/c1-2-28-22(27)15-6-5-11-25(14-15)21(26)10-9-16-12-18-17-7-3-4-8-19(17)24-20(18)13-23-16/h3-4,7-8,12-13,15,24H,2,5-6,9-11,14H2,1H3. The highest BCUT2D eigenvalue weighted by molar-refractivity contribution is 6.06. The molecule has 1 unspecified atom stereocenters. The number of aromatic amines is 1. The van der Waals surface area contributed by atoms with Crippen LogP contribution < -0.4 is 0 Å². The van der Waals surface area contributed by atoms with Crippen molar-refractivity contribution in [1.82, 2.24) is 14.9 Å². The van der Waals surface area contributed by atoms with Crippen molar-refractivity contribution >= 4 is 33.7 Å². The second-order valence-corrected chi connectivity index (χ2v) is 7.32. The lowest BCUT2D eigenvalue weighted by molar-refractivity contribution is -0.151. The minimum atomic E-state index is -0.196. The highest BCUT2D eigenvalue weighted by Crippen LogP contribution is 2.25. The number of esters is 1. The Balaban J connectivity index is 1.41. The van der Waals surface area contributed by atoms with Crippen LogP contribution >= 0.6 is 0 Å². The lowest BCUT2D eigenvalue weighted by atomic mass is 9.97. The van der Waals surface area contributed by atoms with E-state index < -0.39 is 0 Å². The molecule has 0 bridgehead atoms. The number of hydrogen-bond donors (Lipinski definition) is 1. The maximum absolute atomic E-state index is 12.7. The van der Waals surface area contributed by atoms with E-state index in [1.54, 1.807) is 11.8 Å². The van der Waals surface area contributed by atoms with E-state index in [0.29, 0.717) is 32.5 Å². The van der Waals surface area contributed by atoms with Crippen molar-refractivity contribution in [2.45, 2.75) is 32.6 Å². The number of pyridine rings is 1. The molecule has 0 aliphatic carbocycles. The summed E-state index contributed by atoms with van der Waals surface area (Å²) in [5.41, 5.74) is 3.00. The molecule has 4 rings (SSSR count). The molecule has 0 radical (unpaired) electrons. The molecule has 2 aromatic heterocycles. The summed E-state index contributed by atoms with van der Waals surface area (Å²) in [7, 11) is 0. The molecule has 28 heavy (non-hydrogen) atoms. The van der Waals surface area contributed by atoms with Crippen LogP contribution in [0.5, 0.6) is 0 Å². The number of nitrogens with one attached hydrogen (secondary N) is 1. The Morgan fingerprint density at radius 2 is 2.11 bits per heavy atom. The van der Waals surface area contributed by atoms with Crippen LogP contribution in [-0.2, 0) is 20.7 Å². The summed E-state index contributed by atoms with van der Waals surface area (Å²) in [4.78, 5) is 34.3. The first-order chi connectivity index (χ1) is 13.7. The van der Waals surface area contributed by atoms with Gasteiger partial charge in [0, 0.05) is 41.5 Å². The highest BCUT2D eigenvalue weighted by atomic mass is 16.5. The summed E-state index contributed by atoms with van der Waals surface area (Å²) in [5, 5.41) is 2.30. The molecule has 6 heteroatoms. The fourth-order valence-corrected chi connectivity index (χ4v) is 3.98. The Morgan fingerprint density at radius 1 is 1.25 bits per heavy atom. The number of para-hydroxylation sites is 1. The first-order valence-electron chi connectivity index (χ1n) is 9.95. The normalized spacial score (nSPS) is 17.2. The van der Waals surface area contributed by atoms with Gasteiger partial charge in [-0.2, -0.15) is 0 Å². The summed E-state index contributed by atoms with van der Waals surface area (Å²) < 4.78 is 5.12. The Hall–Kier alpha value is -2.89. The Bertz CT molecular complexity index is 1010. The zero-order chi connectivity index (χ0) is 19.5. The molecule has 1 N–H and O–H groups in total. The van der Waals surface area contributed by atoms with E-state index >= 15 is 0 Å². The fourth-order valence-electron chi connectivity index (χ4n) is 3.98. The van der Waals surface area contributed by atoms with E-state index in [1.807, 2.05) is 18.3 Å². The topological polar surface area (TPSA) is 75.3 Å². The Kier molecular flexibility index (Phi) is 5.28. The predicted molar refractivity (Wildman–Crippen MR) is 108 cm³/mol. The number of piperidine rings is 1. The maximum atomic E-state index is 12.7. The quantitative estimate of drug-likeness (QED) is 0.689. The number of nitrogens with zero attached hydrogens (tertiary/aromatic N) is 2. The minimum absolute atomic E-state index is 0.0785. The molecule has 1 fully saturated rings. The van der Waals surface area contributed by atoms with Gasteiger partial charge in [-0.1, -0.05) is 18.2 Å². The maximum Gasteiger partial charge on any atom is 0.310 e. The Labute approximate surface area is 163 Å². The van der Waals surface area contributed by atoms with E-state index in [0.717, 1.165) is 35.0 Å². The van der Waals surface area contributed by atoms with E-state index in [2.05, 4.69) is 28.2 Å². The average Bonchev–Trinajstić information content (AvgIpc) is 3.10. The number of rotatable bonds is 5. The van der Waals surface area contributed by atoms with Crippen molar-refractivity contribution in [3.05, 3.63) is 42.2 Å². The van der Waals surface area contributed by atoms with Gasteiger partial charge in [-0.05, 0) is 38.3 Å². The lowest BCUT2D eigenvalue weighted by Crippen LogP contribution is -2.42. The van der Waals surface area contributed by atoms with Crippen molar-refractivity contribution in [1.29, 1.82) is 0 Å². The smallest absolute Gasteiger partial charge is 0.310 e. The van der Waals surface area contributed by atoms with Gasteiger partial charge in [0.1, 0.15) is 0 Å². The van der Waals surface area contributed by atoms with Crippen LogP contribution in [0.25, 0.3) is 21.8 Å². The van der Waals surface area contributed by atoms with Gasteiger partial charge >= 0.3 is 5.97 Å².